The van der Waals surface area contributed by atoms with Crippen LogP contribution in [0, 0.1) is 0 Å². The first kappa shape index (κ1) is 22.8. The molecule has 31 heavy (non-hydrogen) atoms. The van der Waals surface area contributed by atoms with Gasteiger partial charge in [-0.1, -0.05) is 0 Å². The Balaban J connectivity index is 2.14. The Morgan fingerprint density at radius 2 is 1.81 bits per heavy atom. The normalized spacial score (nSPS) is 20.7. The van der Waals surface area contributed by atoms with Gasteiger partial charge in [0.2, 0.25) is 5.88 Å². The fraction of sp³-hybridized carbons (Fsp3) is 0.444. The lowest BCUT2D eigenvalue weighted by Crippen LogP contribution is -2.58. The molecule has 1 aliphatic heterocycles. The number of benzene rings is 1. The van der Waals surface area contributed by atoms with E-state index in [2.05, 4.69) is 5.10 Å². The van der Waals surface area contributed by atoms with E-state index in [-0.39, 0.29) is 5.88 Å². The van der Waals surface area contributed by atoms with Gasteiger partial charge in [0.15, 0.2) is 11.7 Å². The number of aliphatic hydroxyl groups excluding tert-OH is 1. The third kappa shape index (κ3) is 3.82. The molecule has 2 heterocycles. The van der Waals surface area contributed by atoms with Crippen LogP contribution in [0.25, 0.3) is 0 Å². The summed E-state index contributed by atoms with van der Waals surface area (Å²) >= 11 is 0. The van der Waals surface area contributed by atoms with Gasteiger partial charge in [-0.15, -0.1) is 5.10 Å². The number of nitrogens with zero attached hydrogens (tertiary/aromatic N) is 2. The van der Waals surface area contributed by atoms with E-state index in [4.69, 9.17) is 9.47 Å². The molecule has 0 saturated carbocycles. The zero-order valence-corrected chi connectivity index (χ0v) is 15.7. The molecule has 0 saturated heterocycles. The van der Waals surface area contributed by atoms with Crippen LogP contribution >= 0.6 is 0 Å². The molecule has 1 aromatic heterocycles. The van der Waals surface area contributed by atoms with Crippen molar-refractivity contribution in [2.45, 2.75) is 29.9 Å². The molecule has 0 radical (unpaired) electrons. The second kappa shape index (κ2) is 7.70. The fourth-order valence-corrected chi connectivity index (χ4v) is 3.00. The number of aryl methyl sites for hydroxylation is 1. The number of rotatable bonds is 5. The highest BCUT2D eigenvalue weighted by Gasteiger charge is 2.59. The molecule has 0 aliphatic carbocycles. The molecule has 1 aromatic carbocycles. The second-order valence-electron chi connectivity index (χ2n) is 6.88. The lowest BCUT2D eigenvalue weighted by molar-refractivity contribution is -0.289. The Hall–Kier alpha value is -2.83. The van der Waals surface area contributed by atoms with E-state index >= 15 is 0 Å². The van der Waals surface area contributed by atoms with Gasteiger partial charge in [-0.3, -0.25) is 4.79 Å². The SMILES string of the molecule is Cn1nc(O[C@@H]2c3cc(C(F)(F)C(F)(F)F)ccc3OC(CF)(CF)[C@H]2O)ccc1=O. The molecule has 0 bridgehead atoms. The minimum absolute atomic E-state index is 0.362. The average molecular weight is 456 g/mol. The maximum Gasteiger partial charge on any atom is 0.458 e. The van der Waals surface area contributed by atoms with Crippen LogP contribution in [0.2, 0.25) is 0 Å². The first-order chi connectivity index (χ1) is 14.4. The van der Waals surface area contributed by atoms with Crippen molar-refractivity contribution >= 4 is 0 Å². The number of alkyl halides is 7. The van der Waals surface area contributed by atoms with Gasteiger partial charge < -0.3 is 14.6 Å². The Labute approximate surface area is 169 Å². The van der Waals surface area contributed by atoms with Crippen LogP contribution in [0.3, 0.4) is 0 Å². The topological polar surface area (TPSA) is 73.6 Å². The van der Waals surface area contributed by atoms with E-state index in [1.165, 1.54) is 7.05 Å². The van der Waals surface area contributed by atoms with Crippen LogP contribution in [0.1, 0.15) is 17.2 Å². The molecule has 3 rings (SSSR count). The zero-order valence-electron chi connectivity index (χ0n) is 15.7. The lowest BCUT2D eigenvalue weighted by Gasteiger charge is -2.42. The predicted molar refractivity (Wildman–Crippen MR) is 90.6 cm³/mol. The van der Waals surface area contributed by atoms with Crippen molar-refractivity contribution in [3.63, 3.8) is 0 Å². The van der Waals surface area contributed by atoms with E-state index in [1.54, 1.807) is 0 Å². The molecule has 0 unspecified atom stereocenters. The average Bonchev–Trinajstić information content (AvgIpc) is 2.71. The maximum atomic E-state index is 13.8. The summed E-state index contributed by atoms with van der Waals surface area (Å²) < 4.78 is 105. The van der Waals surface area contributed by atoms with Gasteiger partial charge in [0.05, 0.1) is 0 Å². The lowest BCUT2D eigenvalue weighted by atomic mass is 9.86. The van der Waals surface area contributed by atoms with Crippen molar-refractivity contribution in [1.29, 1.82) is 0 Å². The first-order valence-corrected chi connectivity index (χ1v) is 8.65. The molecular weight excluding hydrogens is 441 g/mol. The van der Waals surface area contributed by atoms with Gasteiger partial charge in [-0.25, -0.2) is 13.5 Å². The summed E-state index contributed by atoms with van der Waals surface area (Å²) in [6.45, 7) is -3.13. The number of ether oxygens (including phenoxy) is 2. The number of aliphatic hydroxyl groups is 1. The van der Waals surface area contributed by atoms with Crippen LogP contribution in [-0.2, 0) is 13.0 Å². The number of aromatic nitrogens is 2. The van der Waals surface area contributed by atoms with Crippen molar-refractivity contribution in [1.82, 2.24) is 9.78 Å². The monoisotopic (exact) mass is 456 g/mol. The summed E-state index contributed by atoms with van der Waals surface area (Å²) in [5.74, 6) is -6.09. The van der Waals surface area contributed by atoms with Crippen molar-refractivity contribution in [3.05, 3.63) is 51.8 Å². The van der Waals surface area contributed by atoms with E-state index < -0.39 is 65.7 Å². The summed E-state index contributed by atoms with van der Waals surface area (Å²) in [5.41, 5.74) is -5.06. The highest BCUT2D eigenvalue weighted by molar-refractivity contribution is 5.44. The Kier molecular flexibility index (Phi) is 5.67. The van der Waals surface area contributed by atoms with Gasteiger partial charge in [0.25, 0.3) is 5.56 Å². The summed E-state index contributed by atoms with van der Waals surface area (Å²) in [5, 5.41) is 14.2. The third-order valence-electron chi connectivity index (χ3n) is 4.81. The highest BCUT2D eigenvalue weighted by Crippen LogP contribution is 2.48. The van der Waals surface area contributed by atoms with Gasteiger partial charge in [-0.2, -0.15) is 22.0 Å². The van der Waals surface area contributed by atoms with Crippen LogP contribution < -0.4 is 15.0 Å². The van der Waals surface area contributed by atoms with Crippen molar-refractivity contribution in [2.24, 2.45) is 7.05 Å². The van der Waals surface area contributed by atoms with E-state index in [0.717, 1.165) is 16.8 Å². The van der Waals surface area contributed by atoms with Gasteiger partial charge in [0.1, 0.15) is 25.2 Å². The first-order valence-electron chi connectivity index (χ1n) is 8.65. The van der Waals surface area contributed by atoms with Gasteiger partial charge in [0, 0.05) is 30.3 Å². The van der Waals surface area contributed by atoms with E-state index in [1.807, 2.05) is 0 Å². The van der Waals surface area contributed by atoms with Crippen molar-refractivity contribution in [2.75, 3.05) is 13.3 Å². The molecule has 2 atom stereocenters. The molecule has 0 fully saturated rings. The van der Waals surface area contributed by atoms with Crippen molar-refractivity contribution < 1.29 is 45.3 Å². The molecular formula is C18H15F7N2O4. The maximum absolute atomic E-state index is 13.8. The highest BCUT2D eigenvalue weighted by atomic mass is 19.4. The molecule has 0 amide bonds. The van der Waals surface area contributed by atoms with Crippen molar-refractivity contribution in [3.8, 4) is 11.6 Å². The molecule has 170 valence electrons. The van der Waals surface area contributed by atoms with Gasteiger partial charge >= 0.3 is 12.1 Å². The molecule has 0 spiro atoms. The summed E-state index contributed by atoms with van der Waals surface area (Å²) in [6.07, 6.45) is -9.93. The van der Waals surface area contributed by atoms with Gasteiger partial charge in [-0.05, 0) is 18.2 Å². The molecule has 1 aliphatic rings. The molecule has 6 nitrogen and oxygen atoms in total. The van der Waals surface area contributed by atoms with E-state index in [0.29, 0.717) is 18.2 Å². The second-order valence-corrected chi connectivity index (χ2v) is 6.88. The van der Waals surface area contributed by atoms with Crippen LogP contribution in [0.15, 0.2) is 35.1 Å². The summed E-state index contributed by atoms with van der Waals surface area (Å²) in [7, 11) is 1.24. The fourth-order valence-electron chi connectivity index (χ4n) is 3.00. The van der Waals surface area contributed by atoms with E-state index in [9.17, 15) is 40.6 Å². The zero-order chi connectivity index (χ0) is 23.2. The minimum Gasteiger partial charge on any atom is -0.478 e. The third-order valence-corrected chi connectivity index (χ3v) is 4.81. The molecule has 13 heteroatoms. The quantitative estimate of drug-likeness (QED) is 0.701. The number of hydrogen-bond donors (Lipinski definition) is 1. The molecule has 1 N–H and O–H groups in total. The van der Waals surface area contributed by atoms with Crippen LogP contribution in [-0.4, -0.2) is 46.1 Å². The molecule has 2 aromatic rings. The Bertz CT molecular complexity index is 1020. The standard InChI is InChI=1S/C18H15F7N2O4/c1-27-13(28)5-4-12(26-27)30-14-10-6-9(17(21,22)18(23,24)25)2-3-11(10)31-16(7-19,8-20)15(14)29/h2-6,14-15,29H,7-8H2,1H3/t14-,15+/m1/s1. The number of halogens is 7. The summed E-state index contributed by atoms with van der Waals surface area (Å²) in [6, 6.07) is 3.48. The Morgan fingerprint density at radius 1 is 1.16 bits per heavy atom. The Morgan fingerprint density at radius 3 is 2.35 bits per heavy atom. The van der Waals surface area contributed by atoms with Crippen LogP contribution in [0.5, 0.6) is 11.6 Å². The minimum atomic E-state index is -5.92. The van der Waals surface area contributed by atoms with Crippen LogP contribution in [0.4, 0.5) is 30.7 Å². The summed E-state index contributed by atoms with van der Waals surface area (Å²) in [4.78, 5) is 11.5. The number of fused-ring (bicyclic) bond motifs is 1. The smallest absolute Gasteiger partial charge is 0.458 e. The largest absolute Gasteiger partial charge is 0.478 e. The number of hydrogen-bond acceptors (Lipinski definition) is 5. The predicted octanol–water partition coefficient (Wildman–Crippen LogP) is 2.99.